The fourth-order valence-corrected chi connectivity index (χ4v) is 3.47. The van der Waals surface area contributed by atoms with Crippen LogP contribution in [0.4, 0.5) is 5.69 Å². The van der Waals surface area contributed by atoms with Crippen molar-refractivity contribution in [3.05, 3.63) is 96.5 Å². The van der Waals surface area contributed by atoms with Crippen molar-refractivity contribution in [1.29, 1.82) is 0 Å². The molecule has 3 aromatic carbocycles. The van der Waals surface area contributed by atoms with Gasteiger partial charge in [-0.15, -0.1) is 0 Å². The van der Waals surface area contributed by atoms with E-state index in [1.165, 1.54) is 31.5 Å². The number of nitrogens with zero attached hydrogens (tertiary/aromatic N) is 2. The van der Waals surface area contributed by atoms with Crippen LogP contribution in [0.3, 0.4) is 0 Å². The Morgan fingerprint density at radius 2 is 1.91 bits per heavy atom. The van der Waals surface area contributed by atoms with Crippen molar-refractivity contribution < 1.29 is 19.2 Å². The summed E-state index contributed by atoms with van der Waals surface area (Å²) in [6.07, 6.45) is 1.35. The summed E-state index contributed by atoms with van der Waals surface area (Å²) >= 11 is 18.4. The van der Waals surface area contributed by atoms with Crippen LogP contribution in [0, 0.1) is 10.1 Å². The van der Waals surface area contributed by atoms with E-state index >= 15 is 0 Å². The first-order chi connectivity index (χ1) is 15.8. The number of non-ortho nitro benzene ring substituents is 1. The van der Waals surface area contributed by atoms with Gasteiger partial charge in [0, 0.05) is 33.3 Å². The van der Waals surface area contributed by atoms with Gasteiger partial charge < -0.3 is 9.47 Å². The second-order valence-electron chi connectivity index (χ2n) is 6.57. The molecular weight excluding hydrogens is 493 g/mol. The van der Waals surface area contributed by atoms with Crippen LogP contribution in [-0.4, -0.2) is 24.2 Å². The van der Waals surface area contributed by atoms with Crippen molar-refractivity contribution >= 4 is 52.6 Å². The second-order valence-corrected chi connectivity index (χ2v) is 7.82. The van der Waals surface area contributed by atoms with Gasteiger partial charge in [0.25, 0.3) is 11.6 Å². The summed E-state index contributed by atoms with van der Waals surface area (Å²) in [7, 11) is 1.46. The van der Waals surface area contributed by atoms with Crippen molar-refractivity contribution in [3.63, 3.8) is 0 Å². The van der Waals surface area contributed by atoms with Crippen molar-refractivity contribution in [2.75, 3.05) is 7.11 Å². The molecule has 0 bridgehead atoms. The first kappa shape index (κ1) is 24.3. The van der Waals surface area contributed by atoms with Crippen LogP contribution in [0.2, 0.25) is 15.1 Å². The molecular formula is C22H16Cl3N3O5. The Bertz CT molecular complexity index is 1230. The average Bonchev–Trinajstić information content (AvgIpc) is 2.79. The zero-order valence-corrected chi connectivity index (χ0v) is 19.3. The molecule has 0 saturated heterocycles. The van der Waals surface area contributed by atoms with Crippen LogP contribution in [0.1, 0.15) is 21.5 Å². The van der Waals surface area contributed by atoms with Gasteiger partial charge in [0.15, 0.2) is 11.5 Å². The van der Waals surface area contributed by atoms with E-state index in [0.29, 0.717) is 32.7 Å². The number of hydrogen-bond donors (Lipinski definition) is 1. The molecule has 8 nitrogen and oxygen atoms in total. The number of amides is 1. The summed E-state index contributed by atoms with van der Waals surface area (Å²) in [5, 5.41) is 16.0. The maximum Gasteiger partial charge on any atom is 0.271 e. The standard InChI is InChI=1S/C22H16Cl3N3O5/c1-32-20-8-13(11-26-27-22(29)14-3-2-4-17(9-14)28(30)31)7-19(25)21(20)33-12-15-5-6-16(23)10-18(15)24/h2-11H,12H2,1H3,(H,27,29). The molecule has 0 fully saturated rings. The van der Waals surface area contributed by atoms with Gasteiger partial charge in [-0.1, -0.05) is 46.9 Å². The number of nitro benzene ring substituents is 1. The molecule has 0 radical (unpaired) electrons. The lowest BCUT2D eigenvalue weighted by molar-refractivity contribution is -0.384. The molecule has 0 spiro atoms. The number of methoxy groups -OCH3 is 1. The molecule has 0 unspecified atom stereocenters. The monoisotopic (exact) mass is 507 g/mol. The van der Waals surface area contributed by atoms with E-state index in [4.69, 9.17) is 44.3 Å². The second kappa shape index (κ2) is 11.0. The Morgan fingerprint density at radius 1 is 1.12 bits per heavy atom. The lowest BCUT2D eigenvalue weighted by Crippen LogP contribution is -2.17. The summed E-state index contributed by atoms with van der Waals surface area (Å²) in [6, 6.07) is 13.6. The predicted octanol–water partition coefficient (Wildman–Crippen LogP) is 5.91. The van der Waals surface area contributed by atoms with E-state index in [9.17, 15) is 14.9 Å². The number of carbonyl (C=O) groups excluding carboxylic acids is 1. The molecule has 0 aliphatic heterocycles. The SMILES string of the molecule is COc1cc(C=NNC(=O)c2cccc([N+](=O)[O-])c2)cc(Cl)c1OCc1ccc(Cl)cc1Cl. The van der Waals surface area contributed by atoms with Crippen molar-refractivity contribution in [2.24, 2.45) is 5.10 Å². The Morgan fingerprint density at radius 3 is 2.61 bits per heavy atom. The highest BCUT2D eigenvalue weighted by Crippen LogP contribution is 2.37. The molecule has 1 amide bonds. The number of nitrogens with one attached hydrogen (secondary N) is 1. The Balaban J connectivity index is 1.71. The number of ether oxygens (including phenoxy) is 2. The highest BCUT2D eigenvalue weighted by molar-refractivity contribution is 6.35. The van der Waals surface area contributed by atoms with E-state index in [-0.39, 0.29) is 22.9 Å². The van der Waals surface area contributed by atoms with Crippen molar-refractivity contribution in [1.82, 2.24) is 5.43 Å². The lowest BCUT2D eigenvalue weighted by atomic mass is 10.2. The minimum absolute atomic E-state index is 0.0987. The number of nitro groups is 1. The first-order valence-corrected chi connectivity index (χ1v) is 10.4. The Hall–Kier alpha value is -3.33. The molecule has 0 heterocycles. The van der Waals surface area contributed by atoms with E-state index in [1.807, 2.05) is 0 Å². The normalized spacial score (nSPS) is 10.8. The van der Waals surface area contributed by atoms with Gasteiger partial charge in [0.05, 0.1) is 23.3 Å². The van der Waals surface area contributed by atoms with Gasteiger partial charge in [0.2, 0.25) is 0 Å². The summed E-state index contributed by atoms with van der Waals surface area (Å²) in [5.41, 5.74) is 3.45. The molecule has 0 aliphatic rings. The Kier molecular flexibility index (Phi) is 8.11. The van der Waals surface area contributed by atoms with Gasteiger partial charge >= 0.3 is 0 Å². The van der Waals surface area contributed by atoms with Crippen LogP contribution < -0.4 is 14.9 Å². The van der Waals surface area contributed by atoms with E-state index < -0.39 is 10.8 Å². The summed E-state index contributed by atoms with van der Waals surface area (Å²) < 4.78 is 11.2. The van der Waals surface area contributed by atoms with Crippen molar-refractivity contribution in [2.45, 2.75) is 6.61 Å². The van der Waals surface area contributed by atoms with Gasteiger partial charge in [-0.2, -0.15) is 5.10 Å². The lowest BCUT2D eigenvalue weighted by Gasteiger charge is -2.14. The molecule has 33 heavy (non-hydrogen) atoms. The van der Waals surface area contributed by atoms with E-state index in [0.717, 1.165) is 6.07 Å². The molecule has 170 valence electrons. The van der Waals surface area contributed by atoms with Crippen LogP contribution in [0.15, 0.2) is 59.7 Å². The quantitative estimate of drug-likeness (QED) is 0.232. The topological polar surface area (TPSA) is 103 Å². The number of halogens is 3. The van der Waals surface area contributed by atoms with E-state index in [1.54, 1.807) is 30.3 Å². The number of carbonyl (C=O) groups is 1. The molecule has 3 aromatic rings. The smallest absolute Gasteiger partial charge is 0.271 e. The summed E-state index contributed by atoms with van der Waals surface area (Å²) in [5.74, 6) is 0.0508. The highest BCUT2D eigenvalue weighted by Gasteiger charge is 2.14. The molecule has 3 rings (SSSR count). The third kappa shape index (κ3) is 6.35. The molecule has 11 heteroatoms. The number of rotatable bonds is 8. The Labute approximate surface area is 203 Å². The van der Waals surface area contributed by atoms with Crippen molar-refractivity contribution in [3.8, 4) is 11.5 Å². The molecule has 0 aliphatic carbocycles. The summed E-state index contributed by atoms with van der Waals surface area (Å²) in [4.78, 5) is 22.5. The largest absolute Gasteiger partial charge is 0.493 e. The van der Waals surface area contributed by atoms with Gasteiger partial charge in [-0.05, 0) is 35.9 Å². The number of hydrazone groups is 1. The zero-order chi connectivity index (χ0) is 24.0. The van der Waals surface area contributed by atoms with Gasteiger partial charge in [-0.3, -0.25) is 14.9 Å². The van der Waals surface area contributed by atoms with Crippen LogP contribution in [-0.2, 0) is 6.61 Å². The zero-order valence-electron chi connectivity index (χ0n) is 17.1. The molecule has 0 atom stereocenters. The van der Waals surface area contributed by atoms with Crippen LogP contribution in [0.25, 0.3) is 0 Å². The number of benzene rings is 3. The minimum Gasteiger partial charge on any atom is -0.493 e. The van der Waals surface area contributed by atoms with Gasteiger partial charge in [0.1, 0.15) is 6.61 Å². The fourth-order valence-electron chi connectivity index (χ4n) is 2.73. The molecule has 0 aromatic heterocycles. The summed E-state index contributed by atoms with van der Waals surface area (Å²) in [6.45, 7) is 0.138. The average molecular weight is 509 g/mol. The maximum atomic E-state index is 12.2. The molecule has 0 saturated carbocycles. The highest BCUT2D eigenvalue weighted by atomic mass is 35.5. The molecule has 1 N–H and O–H groups in total. The van der Waals surface area contributed by atoms with Crippen LogP contribution in [0.5, 0.6) is 11.5 Å². The predicted molar refractivity (Wildman–Crippen MR) is 127 cm³/mol. The number of hydrogen-bond acceptors (Lipinski definition) is 6. The first-order valence-electron chi connectivity index (χ1n) is 9.30. The minimum atomic E-state index is -0.604. The third-order valence-electron chi connectivity index (χ3n) is 4.34. The van der Waals surface area contributed by atoms with E-state index in [2.05, 4.69) is 10.5 Å². The van der Waals surface area contributed by atoms with Gasteiger partial charge in [-0.25, -0.2) is 5.43 Å². The fraction of sp³-hybridized carbons (Fsp3) is 0.0909. The maximum absolute atomic E-state index is 12.2. The third-order valence-corrected chi connectivity index (χ3v) is 5.21. The van der Waals surface area contributed by atoms with Crippen LogP contribution >= 0.6 is 34.8 Å².